The Hall–Kier alpha value is -5.92. The molecule has 0 aromatic heterocycles. The standard InChI is InChI=1S/C44H26O/c1-3-14-32-27(9-1)11-5-17-35(32)44-36-19-8-16-33(38(36)26-31-22-21-28-10-2-4-15-34(28)43(31)44)30-23-24-40-39(25-30)37-18-6-12-29-13-7-20-41(45-40)42(29)37/h1-26H. The molecule has 10 rings (SSSR count). The lowest BCUT2D eigenvalue weighted by Crippen LogP contribution is -1.97. The molecule has 0 spiro atoms. The Balaban J connectivity index is 1.30. The van der Waals surface area contributed by atoms with E-state index >= 15 is 0 Å². The Labute approximate surface area is 260 Å². The van der Waals surface area contributed by atoms with E-state index in [4.69, 9.17) is 4.74 Å². The van der Waals surface area contributed by atoms with E-state index < -0.39 is 0 Å². The molecule has 45 heavy (non-hydrogen) atoms. The molecule has 208 valence electrons. The summed E-state index contributed by atoms with van der Waals surface area (Å²) >= 11 is 0. The molecule has 9 aromatic rings. The molecule has 0 N–H and O–H groups in total. The maximum Gasteiger partial charge on any atom is 0.135 e. The lowest BCUT2D eigenvalue weighted by Gasteiger charge is -2.22. The van der Waals surface area contributed by atoms with Crippen LogP contribution in [0.5, 0.6) is 11.5 Å². The molecular formula is C44H26O. The third-order valence-electron chi connectivity index (χ3n) is 9.61. The van der Waals surface area contributed by atoms with Crippen molar-refractivity contribution in [2.75, 3.05) is 0 Å². The van der Waals surface area contributed by atoms with Crippen LogP contribution in [0.2, 0.25) is 0 Å². The van der Waals surface area contributed by atoms with E-state index in [1.165, 1.54) is 81.7 Å². The monoisotopic (exact) mass is 570 g/mol. The molecule has 9 aromatic carbocycles. The van der Waals surface area contributed by atoms with E-state index in [-0.39, 0.29) is 0 Å². The van der Waals surface area contributed by atoms with Gasteiger partial charge < -0.3 is 4.74 Å². The van der Waals surface area contributed by atoms with E-state index in [9.17, 15) is 0 Å². The zero-order valence-electron chi connectivity index (χ0n) is 24.4. The van der Waals surface area contributed by atoms with Gasteiger partial charge in [-0.1, -0.05) is 133 Å². The van der Waals surface area contributed by atoms with Crippen molar-refractivity contribution >= 4 is 53.9 Å². The highest BCUT2D eigenvalue weighted by Crippen LogP contribution is 2.49. The predicted molar refractivity (Wildman–Crippen MR) is 190 cm³/mol. The minimum Gasteiger partial charge on any atom is -0.456 e. The summed E-state index contributed by atoms with van der Waals surface area (Å²) in [6, 6.07) is 57.4. The Morgan fingerprint density at radius 2 is 0.956 bits per heavy atom. The fraction of sp³-hybridized carbons (Fsp3) is 0. The minimum atomic E-state index is 0.901. The van der Waals surface area contributed by atoms with Gasteiger partial charge in [0.05, 0.1) is 0 Å². The highest BCUT2D eigenvalue weighted by atomic mass is 16.5. The van der Waals surface area contributed by atoms with Crippen molar-refractivity contribution < 1.29 is 4.74 Å². The normalized spacial score (nSPS) is 12.2. The molecule has 1 heterocycles. The quantitative estimate of drug-likeness (QED) is 0.148. The molecule has 1 aliphatic rings. The van der Waals surface area contributed by atoms with Gasteiger partial charge in [-0.3, -0.25) is 0 Å². The van der Waals surface area contributed by atoms with Crippen LogP contribution >= 0.6 is 0 Å². The van der Waals surface area contributed by atoms with Crippen LogP contribution < -0.4 is 4.74 Å². The maximum absolute atomic E-state index is 6.44. The molecule has 0 fully saturated rings. The van der Waals surface area contributed by atoms with Gasteiger partial charge in [0.15, 0.2) is 0 Å². The third-order valence-corrected chi connectivity index (χ3v) is 9.61. The number of fused-ring (bicyclic) bond motifs is 7. The first-order chi connectivity index (χ1) is 22.3. The number of hydrogen-bond acceptors (Lipinski definition) is 1. The van der Waals surface area contributed by atoms with E-state index in [2.05, 4.69) is 158 Å². The van der Waals surface area contributed by atoms with Crippen LogP contribution in [-0.2, 0) is 0 Å². The van der Waals surface area contributed by atoms with E-state index in [0.29, 0.717) is 0 Å². The van der Waals surface area contributed by atoms with Crippen LogP contribution in [0.4, 0.5) is 0 Å². The van der Waals surface area contributed by atoms with Crippen molar-refractivity contribution in [3.63, 3.8) is 0 Å². The van der Waals surface area contributed by atoms with Gasteiger partial charge in [0.2, 0.25) is 0 Å². The molecule has 0 unspecified atom stereocenters. The largest absolute Gasteiger partial charge is 0.456 e. The first-order valence-electron chi connectivity index (χ1n) is 15.5. The van der Waals surface area contributed by atoms with Crippen molar-refractivity contribution in [3.05, 3.63) is 158 Å². The van der Waals surface area contributed by atoms with Crippen molar-refractivity contribution in [1.82, 2.24) is 0 Å². The van der Waals surface area contributed by atoms with Gasteiger partial charge in [0, 0.05) is 10.9 Å². The Kier molecular flexibility index (Phi) is 5.06. The van der Waals surface area contributed by atoms with Gasteiger partial charge in [0.25, 0.3) is 0 Å². The second-order valence-corrected chi connectivity index (χ2v) is 12.0. The molecular weight excluding hydrogens is 544 g/mol. The molecule has 0 saturated carbocycles. The van der Waals surface area contributed by atoms with Gasteiger partial charge in [0.1, 0.15) is 11.5 Å². The topological polar surface area (TPSA) is 9.23 Å². The second kappa shape index (κ2) is 9.29. The fourth-order valence-electron chi connectivity index (χ4n) is 7.62. The van der Waals surface area contributed by atoms with E-state index in [0.717, 1.165) is 17.1 Å². The smallest absolute Gasteiger partial charge is 0.135 e. The molecule has 1 nitrogen and oxygen atoms in total. The zero-order valence-corrected chi connectivity index (χ0v) is 24.4. The molecule has 1 aliphatic heterocycles. The molecule has 0 saturated heterocycles. The minimum absolute atomic E-state index is 0.901. The van der Waals surface area contributed by atoms with Crippen LogP contribution in [0.25, 0.3) is 87.2 Å². The number of rotatable bonds is 2. The summed E-state index contributed by atoms with van der Waals surface area (Å²) in [5.41, 5.74) is 7.31. The Bertz CT molecular complexity index is 2670. The van der Waals surface area contributed by atoms with E-state index in [1.807, 2.05) is 0 Å². The van der Waals surface area contributed by atoms with Crippen molar-refractivity contribution in [3.8, 4) is 44.9 Å². The lowest BCUT2D eigenvalue weighted by atomic mass is 9.85. The molecule has 0 aliphatic carbocycles. The van der Waals surface area contributed by atoms with Gasteiger partial charge in [-0.2, -0.15) is 0 Å². The molecule has 0 atom stereocenters. The molecule has 0 bridgehead atoms. The first kappa shape index (κ1) is 24.5. The third kappa shape index (κ3) is 3.56. The molecule has 0 amide bonds. The summed E-state index contributed by atoms with van der Waals surface area (Å²) < 4.78 is 6.44. The molecule has 0 radical (unpaired) electrons. The van der Waals surface area contributed by atoms with Gasteiger partial charge in [-0.25, -0.2) is 0 Å². The van der Waals surface area contributed by atoms with Crippen LogP contribution in [0.15, 0.2) is 158 Å². The predicted octanol–water partition coefficient (Wildman–Crippen LogP) is 12.6. The molecule has 1 heteroatoms. The zero-order chi connectivity index (χ0) is 29.5. The van der Waals surface area contributed by atoms with Crippen LogP contribution in [0.3, 0.4) is 0 Å². The lowest BCUT2D eigenvalue weighted by molar-refractivity contribution is 0.487. The van der Waals surface area contributed by atoms with Gasteiger partial charge in [-0.05, 0) is 101 Å². The van der Waals surface area contributed by atoms with Crippen LogP contribution in [0, 0.1) is 0 Å². The highest BCUT2D eigenvalue weighted by molar-refractivity contribution is 6.25. The number of hydrogen-bond donors (Lipinski definition) is 0. The summed E-state index contributed by atoms with van der Waals surface area (Å²) in [4.78, 5) is 0. The number of ether oxygens (including phenoxy) is 1. The Morgan fingerprint density at radius 1 is 0.311 bits per heavy atom. The fourth-order valence-corrected chi connectivity index (χ4v) is 7.62. The Morgan fingerprint density at radius 3 is 1.84 bits per heavy atom. The van der Waals surface area contributed by atoms with Crippen LogP contribution in [0.1, 0.15) is 0 Å². The summed E-state index contributed by atoms with van der Waals surface area (Å²) in [7, 11) is 0. The van der Waals surface area contributed by atoms with Gasteiger partial charge >= 0.3 is 0 Å². The van der Waals surface area contributed by atoms with Crippen LogP contribution in [-0.4, -0.2) is 0 Å². The highest BCUT2D eigenvalue weighted by Gasteiger charge is 2.22. The summed E-state index contributed by atoms with van der Waals surface area (Å²) in [5, 5.41) is 12.5. The van der Waals surface area contributed by atoms with E-state index in [1.54, 1.807) is 0 Å². The summed E-state index contributed by atoms with van der Waals surface area (Å²) in [5.74, 6) is 1.82. The number of benzene rings is 9. The van der Waals surface area contributed by atoms with Crippen molar-refractivity contribution in [1.29, 1.82) is 0 Å². The van der Waals surface area contributed by atoms with Crippen molar-refractivity contribution in [2.45, 2.75) is 0 Å². The van der Waals surface area contributed by atoms with Crippen molar-refractivity contribution in [2.24, 2.45) is 0 Å². The first-order valence-corrected chi connectivity index (χ1v) is 15.5. The second-order valence-electron chi connectivity index (χ2n) is 12.0. The maximum atomic E-state index is 6.44. The van der Waals surface area contributed by atoms with Gasteiger partial charge in [-0.15, -0.1) is 0 Å². The summed E-state index contributed by atoms with van der Waals surface area (Å²) in [6.07, 6.45) is 0. The average Bonchev–Trinajstić information content (AvgIpc) is 3.10. The SMILES string of the molecule is c1ccc2c(-c3c4cccc(-c5ccc6c(c5)-c5cccc7cccc(c57)O6)c4cc4ccc5ccccc5c34)cccc2c1. The summed E-state index contributed by atoms with van der Waals surface area (Å²) in [6.45, 7) is 0. The average molecular weight is 571 g/mol.